The Balaban J connectivity index is 2.14. The zero-order valence-electron chi connectivity index (χ0n) is 12.5. The molecular weight excluding hydrogens is 332 g/mol. The molecule has 0 saturated heterocycles. The van der Waals surface area contributed by atoms with Crippen LogP contribution >= 0.6 is 0 Å². The van der Waals surface area contributed by atoms with E-state index < -0.39 is 27.5 Å². The number of sulfone groups is 1. The minimum Gasteiger partial charge on any atom is -0.478 e. The molecule has 0 saturated carbocycles. The van der Waals surface area contributed by atoms with Gasteiger partial charge in [0.1, 0.15) is 11.3 Å². The molecule has 0 heterocycles. The molecule has 2 rings (SSSR count). The molecule has 0 atom stereocenters. The summed E-state index contributed by atoms with van der Waals surface area (Å²) in [6.45, 7) is 3.43. The summed E-state index contributed by atoms with van der Waals surface area (Å²) < 4.78 is 29.4. The maximum Gasteiger partial charge on any atom is 0.339 e. The van der Waals surface area contributed by atoms with E-state index in [1.165, 1.54) is 36.4 Å². The van der Waals surface area contributed by atoms with Crippen molar-refractivity contribution in [2.24, 2.45) is 0 Å². The van der Waals surface area contributed by atoms with Crippen LogP contribution < -0.4 is 4.74 Å². The quantitative estimate of drug-likeness (QED) is 0.490. The summed E-state index contributed by atoms with van der Waals surface area (Å²) in [4.78, 5) is 23.2. The molecule has 0 aliphatic carbocycles. The standard InChI is InChI=1S/C17H14O6S/c1-12(11-24(21,22)13-7-3-2-4-8-13)17(20)23-15-10-6-5-9-14(15)16(18)19/h2-10H,1,11H2,(H,18,19). The molecule has 6 nitrogen and oxygen atoms in total. The summed E-state index contributed by atoms with van der Waals surface area (Å²) >= 11 is 0. The number of carbonyl (C=O) groups excluding carboxylic acids is 1. The van der Waals surface area contributed by atoms with Crippen LogP contribution in [0, 0.1) is 0 Å². The van der Waals surface area contributed by atoms with Gasteiger partial charge in [0.25, 0.3) is 0 Å². The molecule has 0 spiro atoms. The van der Waals surface area contributed by atoms with Gasteiger partial charge in [0.05, 0.1) is 10.6 Å². The number of carboxylic acids is 1. The first-order valence-corrected chi connectivity index (χ1v) is 8.46. The number of benzene rings is 2. The number of hydrogen-bond acceptors (Lipinski definition) is 5. The molecule has 0 aromatic heterocycles. The average molecular weight is 346 g/mol. The van der Waals surface area contributed by atoms with Crippen LogP contribution in [0.15, 0.2) is 71.6 Å². The lowest BCUT2D eigenvalue weighted by Gasteiger charge is -2.09. The number of esters is 1. The van der Waals surface area contributed by atoms with Crippen LogP contribution in [0.3, 0.4) is 0 Å². The van der Waals surface area contributed by atoms with E-state index in [2.05, 4.69) is 6.58 Å². The first kappa shape index (κ1) is 17.4. The Morgan fingerprint density at radius 3 is 2.21 bits per heavy atom. The second kappa shape index (κ2) is 7.10. The molecule has 7 heteroatoms. The summed E-state index contributed by atoms with van der Waals surface area (Å²) in [6.07, 6.45) is 0. The van der Waals surface area contributed by atoms with Crippen molar-refractivity contribution in [3.8, 4) is 5.75 Å². The second-order valence-electron chi connectivity index (χ2n) is 4.87. The zero-order chi connectivity index (χ0) is 17.7. The molecule has 0 bridgehead atoms. The lowest BCUT2D eigenvalue weighted by molar-refractivity contribution is -0.130. The Hall–Kier alpha value is -2.93. The Morgan fingerprint density at radius 1 is 1.00 bits per heavy atom. The van der Waals surface area contributed by atoms with Crippen molar-refractivity contribution >= 4 is 21.8 Å². The van der Waals surface area contributed by atoms with Gasteiger partial charge in [-0.3, -0.25) is 0 Å². The number of aromatic carboxylic acids is 1. The van der Waals surface area contributed by atoms with E-state index in [9.17, 15) is 18.0 Å². The van der Waals surface area contributed by atoms with Gasteiger partial charge in [-0.2, -0.15) is 0 Å². The fourth-order valence-corrected chi connectivity index (χ4v) is 3.22. The number of hydrogen-bond donors (Lipinski definition) is 1. The Morgan fingerprint density at radius 2 is 1.58 bits per heavy atom. The van der Waals surface area contributed by atoms with Gasteiger partial charge in [-0.15, -0.1) is 0 Å². The van der Waals surface area contributed by atoms with Gasteiger partial charge in [-0.25, -0.2) is 18.0 Å². The summed E-state index contributed by atoms with van der Waals surface area (Å²) in [7, 11) is -3.74. The van der Waals surface area contributed by atoms with Gasteiger partial charge in [-0.05, 0) is 24.3 Å². The number of carbonyl (C=O) groups is 2. The van der Waals surface area contributed by atoms with Gasteiger partial charge >= 0.3 is 11.9 Å². The smallest absolute Gasteiger partial charge is 0.339 e. The average Bonchev–Trinajstić information content (AvgIpc) is 2.55. The minimum absolute atomic E-state index is 0.0601. The van der Waals surface area contributed by atoms with Crippen LogP contribution in [0.4, 0.5) is 0 Å². The van der Waals surface area contributed by atoms with E-state index in [1.807, 2.05) is 0 Å². The Kier molecular flexibility index (Phi) is 5.15. The van der Waals surface area contributed by atoms with Crippen LogP contribution in [-0.4, -0.2) is 31.2 Å². The third kappa shape index (κ3) is 4.08. The first-order valence-electron chi connectivity index (χ1n) is 6.81. The monoisotopic (exact) mass is 346 g/mol. The third-order valence-electron chi connectivity index (χ3n) is 3.08. The third-order valence-corrected chi connectivity index (χ3v) is 4.79. The molecule has 0 amide bonds. The van der Waals surface area contributed by atoms with E-state index in [0.29, 0.717) is 0 Å². The van der Waals surface area contributed by atoms with Crippen molar-refractivity contribution in [2.75, 3.05) is 5.75 Å². The van der Waals surface area contributed by atoms with E-state index in [1.54, 1.807) is 18.2 Å². The molecule has 0 radical (unpaired) electrons. The predicted molar refractivity (Wildman–Crippen MR) is 86.7 cm³/mol. The van der Waals surface area contributed by atoms with Crippen LogP contribution in [0.2, 0.25) is 0 Å². The molecule has 24 heavy (non-hydrogen) atoms. The predicted octanol–water partition coefficient (Wildman–Crippen LogP) is 2.32. The lowest BCUT2D eigenvalue weighted by Crippen LogP contribution is -2.19. The molecule has 0 unspecified atom stereocenters. The first-order chi connectivity index (χ1) is 11.3. The Bertz CT molecular complexity index is 884. The van der Waals surface area contributed by atoms with Crippen molar-refractivity contribution in [3.63, 3.8) is 0 Å². The maximum atomic E-state index is 12.2. The SMILES string of the molecule is C=C(CS(=O)(=O)c1ccccc1)C(=O)Oc1ccccc1C(=O)O. The van der Waals surface area contributed by atoms with Gasteiger partial charge < -0.3 is 9.84 Å². The van der Waals surface area contributed by atoms with E-state index in [0.717, 1.165) is 0 Å². The van der Waals surface area contributed by atoms with Gasteiger partial charge in [0, 0.05) is 5.57 Å². The van der Waals surface area contributed by atoms with Gasteiger partial charge in [0.15, 0.2) is 9.84 Å². The topological polar surface area (TPSA) is 97.7 Å². The molecule has 2 aromatic carbocycles. The molecule has 0 fully saturated rings. The van der Waals surface area contributed by atoms with Crippen molar-refractivity contribution in [2.45, 2.75) is 4.90 Å². The van der Waals surface area contributed by atoms with E-state index in [-0.39, 0.29) is 21.8 Å². The highest BCUT2D eigenvalue weighted by Gasteiger charge is 2.22. The molecular formula is C17H14O6S. The molecule has 2 aromatic rings. The van der Waals surface area contributed by atoms with Gasteiger partial charge in [0.2, 0.25) is 0 Å². The summed E-state index contributed by atoms with van der Waals surface area (Å²) in [5.74, 6) is -3.05. The normalized spacial score (nSPS) is 10.8. The van der Waals surface area contributed by atoms with Crippen LogP contribution in [0.1, 0.15) is 10.4 Å². The van der Waals surface area contributed by atoms with Crippen LogP contribution in [0.5, 0.6) is 5.75 Å². The summed E-state index contributed by atoms with van der Waals surface area (Å²) in [6, 6.07) is 13.2. The Labute approximate surface area is 138 Å². The van der Waals surface area contributed by atoms with Crippen molar-refractivity contribution in [1.29, 1.82) is 0 Å². The fraction of sp³-hybridized carbons (Fsp3) is 0.0588. The number of para-hydroxylation sites is 1. The minimum atomic E-state index is -3.74. The van der Waals surface area contributed by atoms with Crippen molar-refractivity contribution < 1.29 is 27.9 Å². The summed E-state index contributed by atoms with van der Waals surface area (Å²) in [5.41, 5.74) is -0.497. The highest BCUT2D eigenvalue weighted by molar-refractivity contribution is 7.91. The molecule has 1 N–H and O–H groups in total. The lowest BCUT2D eigenvalue weighted by atomic mass is 10.2. The summed E-state index contributed by atoms with van der Waals surface area (Å²) in [5, 5.41) is 9.04. The van der Waals surface area contributed by atoms with Crippen LogP contribution in [-0.2, 0) is 14.6 Å². The molecule has 124 valence electrons. The van der Waals surface area contributed by atoms with Gasteiger partial charge in [-0.1, -0.05) is 36.9 Å². The highest BCUT2D eigenvalue weighted by atomic mass is 32.2. The van der Waals surface area contributed by atoms with Crippen LogP contribution in [0.25, 0.3) is 0 Å². The second-order valence-corrected chi connectivity index (χ2v) is 6.86. The fourth-order valence-electron chi connectivity index (χ4n) is 1.90. The van der Waals surface area contributed by atoms with Crippen molar-refractivity contribution in [1.82, 2.24) is 0 Å². The number of carboxylic acid groups (broad SMARTS) is 1. The highest BCUT2D eigenvalue weighted by Crippen LogP contribution is 2.20. The molecule has 0 aliphatic heterocycles. The number of rotatable bonds is 6. The largest absolute Gasteiger partial charge is 0.478 e. The maximum absolute atomic E-state index is 12.2. The number of ether oxygens (including phenoxy) is 1. The van der Waals surface area contributed by atoms with E-state index in [4.69, 9.17) is 9.84 Å². The van der Waals surface area contributed by atoms with E-state index >= 15 is 0 Å². The van der Waals surface area contributed by atoms with Crippen molar-refractivity contribution in [3.05, 3.63) is 72.3 Å². The zero-order valence-corrected chi connectivity index (χ0v) is 13.3. The molecule has 0 aliphatic rings.